The van der Waals surface area contributed by atoms with Crippen LogP contribution in [0.3, 0.4) is 0 Å². The summed E-state index contributed by atoms with van der Waals surface area (Å²) < 4.78 is 11.5. The van der Waals surface area contributed by atoms with E-state index >= 15 is 0 Å². The fraction of sp³-hybridized carbons (Fsp3) is 0.300. The van der Waals surface area contributed by atoms with Crippen molar-refractivity contribution in [3.05, 3.63) is 65.5 Å². The minimum Gasteiger partial charge on any atom is -0.494 e. The summed E-state index contributed by atoms with van der Waals surface area (Å²) in [5, 5.41) is 8.32. The van der Waals surface area contributed by atoms with E-state index in [2.05, 4.69) is 28.1 Å². The Kier molecular flexibility index (Phi) is 5.46. The third-order valence-electron chi connectivity index (χ3n) is 3.88. The Hall–Kier alpha value is -2.66. The molecule has 25 heavy (non-hydrogen) atoms. The Balaban J connectivity index is 1.66. The third kappa shape index (κ3) is 4.45. The molecule has 0 spiro atoms. The second-order valence-corrected chi connectivity index (χ2v) is 6.08. The molecule has 0 N–H and O–H groups in total. The van der Waals surface area contributed by atoms with Crippen LogP contribution < -0.4 is 4.74 Å². The number of aryl methyl sites for hydroxylation is 1. The minimum atomic E-state index is 0.554. The fourth-order valence-electron chi connectivity index (χ4n) is 2.64. The molecule has 0 unspecified atom stereocenters. The van der Waals surface area contributed by atoms with Crippen molar-refractivity contribution in [2.24, 2.45) is 0 Å². The van der Waals surface area contributed by atoms with Crippen molar-refractivity contribution in [2.45, 2.75) is 26.9 Å². The van der Waals surface area contributed by atoms with Crippen molar-refractivity contribution in [1.82, 2.24) is 15.1 Å². The van der Waals surface area contributed by atoms with Crippen LogP contribution in [-0.2, 0) is 13.1 Å². The van der Waals surface area contributed by atoms with Crippen LogP contribution in [0.2, 0.25) is 0 Å². The molecule has 130 valence electrons. The lowest BCUT2D eigenvalue weighted by molar-refractivity contribution is 0.272. The molecule has 3 aromatic rings. The van der Waals surface area contributed by atoms with Crippen molar-refractivity contribution in [2.75, 3.05) is 13.7 Å². The molecule has 0 saturated heterocycles. The number of ether oxygens (including phenoxy) is 1. The van der Waals surface area contributed by atoms with Gasteiger partial charge in [-0.1, -0.05) is 35.9 Å². The average Bonchev–Trinajstić information content (AvgIpc) is 3.06. The van der Waals surface area contributed by atoms with Gasteiger partial charge in [-0.25, -0.2) is 0 Å². The molecule has 0 saturated carbocycles. The van der Waals surface area contributed by atoms with E-state index in [-0.39, 0.29) is 0 Å². The quantitative estimate of drug-likeness (QED) is 0.650. The predicted octanol–water partition coefficient (Wildman–Crippen LogP) is 4.08. The molecule has 5 heteroatoms. The molecular weight excluding hydrogens is 314 g/mol. The van der Waals surface area contributed by atoms with Gasteiger partial charge in [0.05, 0.1) is 13.2 Å². The van der Waals surface area contributed by atoms with E-state index < -0.39 is 0 Å². The molecule has 0 fully saturated rings. The second-order valence-electron chi connectivity index (χ2n) is 6.08. The highest BCUT2D eigenvalue weighted by Gasteiger charge is 2.12. The predicted molar refractivity (Wildman–Crippen MR) is 97.3 cm³/mol. The number of hydrogen-bond donors (Lipinski definition) is 0. The van der Waals surface area contributed by atoms with Crippen LogP contribution in [0, 0.1) is 6.92 Å². The molecule has 0 bridgehead atoms. The summed E-state index contributed by atoms with van der Waals surface area (Å²) in [5.41, 5.74) is 3.29. The molecule has 0 radical (unpaired) electrons. The Labute approximate surface area is 148 Å². The van der Waals surface area contributed by atoms with Crippen LogP contribution in [0.15, 0.2) is 52.9 Å². The van der Waals surface area contributed by atoms with Crippen molar-refractivity contribution >= 4 is 0 Å². The highest BCUT2D eigenvalue weighted by molar-refractivity contribution is 5.52. The first-order valence-electron chi connectivity index (χ1n) is 8.44. The largest absolute Gasteiger partial charge is 0.494 e. The molecule has 5 nitrogen and oxygen atoms in total. The molecule has 0 aliphatic heterocycles. The molecule has 0 aliphatic rings. The molecule has 3 rings (SSSR count). The van der Waals surface area contributed by atoms with Crippen LogP contribution in [0.4, 0.5) is 0 Å². The van der Waals surface area contributed by atoms with E-state index in [1.54, 1.807) is 0 Å². The second kappa shape index (κ2) is 7.94. The van der Waals surface area contributed by atoms with Gasteiger partial charge in [0.2, 0.25) is 11.8 Å². The van der Waals surface area contributed by atoms with Crippen LogP contribution in [0.25, 0.3) is 11.5 Å². The first-order chi connectivity index (χ1) is 12.2. The lowest BCUT2D eigenvalue weighted by Crippen LogP contribution is -2.18. The Morgan fingerprint density at radius 2 is 1.76 bits per heavy atom. The van der Waals surface area contributed by atoms with E-state index in [0.29, 0.717) is 24.9 Å². The normalized spacial score (nSPS) is 11.0. The maximum Gasteiger partial charge on any atom is 0.247 e. The zero-order valence-electron chi connectivity index (χ0n) is 14.9. The molecule has 0 aliphatic carbocycles. The lowest BCUT2D eigenvalue weighted by atomic mass is 10.1. The first-order valence-corrected chi connectivity index (χ1v) is 8.44. The first kappa shape index (κ1) is 17.2. The summed E-state index contributed by atoms with van der Waals surface area (Å²) in [4.78, 5) is 2.13. The number of rotatable bonds is 7. The Morgan fingerprint density at radius 3 is 2.52 bits per heavy atom. The standard InChI is InChI=1S/C20H23N3O2/c1-4-24-18-8-6-5-7-17(18)13-23(3)14-19-21-22-20(25-19)16-11-9-15(2)10-12-16/h5-12H,4,13-14H2,1-3H3. The van der Waals surface area contributed by atoms with E-state index in [1.807, 2.05) is 56.4 Å². The molecule has 0 amide bonds. The summed E-state index contributed by atoms with van der Waals surface area (Å²) in [6, 6.07) is 16.1. The molecule has 1 aromatic heterocycles. The number of aromatic nitrogens is 2. The van der Waals surface area contributed by atoms with Gasteiger partial charge in [-0.3, -0.25) is 4.90 Å². The minimum absolute atomic E-state index is 0.554. The van der Waals surface area contributed by atoms with Crippen LogP contribution in [-0.4, -0.2) is 28.8 Å². The van der Waals surface area contributed by atoms with Crippen LogP contribution in [0.1, 0.15) is 23.9 Å². The van der Waals surface area contributed by atoms with Gasteiger partial charge >= 0.3 is 0 Å². The lowest BCUT2D eigenvalue weighted by Gasteiger charge is -2.17. The zero-order chi connectivity index (χ0) is 17.6. The molecular formula is C20H23N3O2. The van der Waals surface area contributed by atoms with Gasteiger partial charge in [-0.15, -0.1) is 10.2 Å². The summed E-state index contributed by atoms with van der Waals surface area (Å²) in [5.74, 6) is 2.08. The van der Waals surface area contributed by atoms with Crippen molar-refractivity contribution < 1.29 is 9.15 Å². The Bertz CT molecular complexity index is 812. The van der Waals surface area contributed by atoms with E-state index in [4.69, 9.17) is 9.15 Å². The van der Waals surface area contributed by atoms with Gasteiger partial charge in [0, 0.05) is 17.7 Å². The number of para-hydroxylation sites is 1. The highest BCUT2D eigenvalue weighted by atomic mass is 16.5. The van der Waals surface area contributed by atoms with Gasteiger partial charge in [-0.2, -0.15) is 0 Å². The maximum atomic E-state index is 5.80. The van der Waals surface area contributed by atoms with Gasteiger partial charge in [-0.05, 0) is 39.1 Å². The maximum absolute atomic E-state index is 5.80. The Morgan fingerprint density at radius 1 is 1.00 bits per heavy atom. The van der Waals surface area contributed by atoms with Crippen molar-refractivity contribution in [3.8, 4) is 17.2 Å². The van der Waals surface area contributed by atoms with Gasteiger partial charge in [0.25, 0.3) is 0 Å². The fourth-order valence-corrected chi connectivity index (χ4v) is 2.64. The molecule has 1 heterocycles. The van der Waals surface area contributed by atoms with E-state index in [1.165, 1.54) is 5.56 Å². The van der Waals surface area contributed by atoms with Crippen molar-refractivity contribution in [1.29, 1.82) is 0 Å². The number of hydrogen-bond acceptors (Lipinski definition) is 5. The van der Waals surface area contributed by atoms with Gasteiger partial charge in [0.1, 0.15) is 5.75 Å². The zero-order valence-corrected chi connectivity index (χ0v) is 14.9. The van der Waals surface area contributed by atoms with Crippen molar-refractivity contribution in [3.63, 3.8) is 0 Å². The smallest absolute Gasteiger partial charge is 0.247 e. The topological polar surface area (TPSA) is 51.4 Å². The summed E-state index contributed by atoms with van der Waals surface area (Å²) in [7, 11) is 2.03. The molecule has 0 atom stereocenters. The third-order valence-corrected chi connectivity index (χ3v) is 3.88. The summed E-state index contributed by atoms with van der Waals surface area (Å²) in [6.45, 7) is 6.03. The van der Waals surface area contributed by atoms with Crippen LogP contribution >= 0.6 is 0 Å². The summed E-state index contributed by atoms with van der Waals surface area (Å²) in [6.07, 6.45) is 0. The van der Waals surface area contributed by atoms with Gasteiger partial charge < -0.3 is 9.15 Å². The van der Waals surface area contributed by atoms with Crippen LogP contribution in [0.5, 0.6) is 5.75 Å². The SMILES string of the molecule is CCOc1ccccc1CN(C)Cc1nnc(-c2ccc(C)cc2)o1. The monoisotopic (exact) mass is 337 g/mol. The van der Waals surface area contributed by atoms with Gasteiger partial charge in [0.15, 0.2) is 0 Å². The van der Waals surface area contributed by atoms with E-state index in [0.717, 1.165) is 23.4 Å². The number of benzene rings is 2. The van der Waals surface area contributed by atoms with E-state index in [9.17, 15) is 0 Å². The number of nitrogens with zero attached hydrogens (tertiary/aromatic N) is 3. The highest BCUT2D eigenvalue weighted by Crippen LogP contribution is 2.21. The molecule has 2 aromatic carbocycles. The average molecular weight is 337 g/mol. The summed E-state index contributed by atoms with van der Waals surface area (Å²) >= 11 is 0.